The van der Waals surface area contributed by atoms with Crippen molar-refractivity contribution in [1.82, 2.24) is 5.32 Å². The fraction of sp³-hybridized carbons (Fsp3) is 0.462. The molecular weight excluding hydrogens is 252 g/mol. The minimum absolute atomic E-state index is 0.0359. The van der Waals surface area contributed by atoms with Crippen molar-refractivity contribution in [2.24, 2.45) is 5.92 Å². The predicted octanol–water partition coefficient (Wildman–Crippen LogP) is 2.06. The van der Waals surface area contributed by atoms with Crippen LogP contribution in [0.15, 0.2) is 18.2 Å². The second-order valence-electron chi connectivity index (χ2n) is 4.57. The molecule has 1 amide bonds. The molecule has 0 aromatic heterocycles. The summed E-state index contributed by atoms with van der Waals surface area (Å²) in [7, 11) is 0. The Labute approximate surface area is 112 Å². The highest BCUT2D eigenvalue weighted by Gasteiger charge is 2.18. The van der Waals surface area contributed by atoms with Crippen LogP contribution in [0.1, 0.15) is 30.6 Å². The third-order valence-corrected chi connectivity index (χ3v) is 3.06. The van der Waals surface area contributed by atoms with Crippen LogP contribution in [0.25, 0.3) is 0 Å². The monoisotopic (exact) mass is 270 g/mol. The largest absolute Gasteiger partial charge is 0.398 e. The van der Waals surface area contributed by atoms with E-state index in [1.807, 2.05) is 13.8 Å². The summed E-state index contributed by atoms with van der Waals surface area (Å²) < 4.78 is 0. The van der Waals surface area contributed by atoms with Crippen molar-refractivity contribution < 1.29 is 9.90 Å². The minimum Gasteiger partial charge on any atom is -0.398 e. The van der Waals surface area contributed by atoms with Crippen molar-refractivity contribution in [3.63, 3.8) is 0 Å². The smallest absolute Gasteiger partial charge is 0.253 e. The van der Waals surface area contributed by atoms with Crippen LogP contribution in [-0.4, -0.2) is 23.7 Å². The summed E-state index contributed by atoms with van der Waals surface area (Å²) in [6.07, 6.45) is 0.518. The molecule has 0 heterocycles. The molecule has 0 aliphatic carbocycles. The zero-order valence-electron chi connectivity index (χ0n) is 10.6. The number of hydrogen-bond donors (Lipinski definition) is 3. The van der Waals surface area contributed by atoms with Crippen LogP contribution in [0, 0.1) is 5.92 Å². The molecule has 1 aromatic rings. The molecule has 0 bridgehead atoms. The number of carbonyl (C=O) groups excluding carboxylic acids is 1. The number of rotatable bonds is 5. The Bertz CT molecular complexity index is 421. The van der Waals surface area contributed by atoms with Gasteiger partial charge in [-0.25, -0.2) is 0 Å². The summed E-state index contributed by atoms with van der Waals surface area (Å²) in [5.41, 5.74) is 6.51. The normalized spacial score (nSPS) is 12.5. The number of aliphatic hydroxyl groups excluding tert-OH is 1. The van der Waals surface area contributed by atoms with E-state index in [-0.39, 0.29) is 24.5 Å². The molecular formula is C13H19ClN2O2. The fourth-order valence-corrected chi connectivity index (χ4v) is 1.85. The van der Waals surface area contributed by atoms with Gasteiger partial charge >= 0.3 is 0 Å². The van der Waals surface area contributed by atoms with E-state index >= 15 is 0 Å². The molecule has 1 unspecified atom stereocenters. The van der Waals surface area contributed by atoms with E-state index in [4.69, 9.17) is 22.4 Å². The number of nitrogens with one attached hydrogen (secondary N) is 1. The molecule has 0 spiro atoms. The van der Waals surface area contributed by atoms with Crippen LogP contribution in [0.2, 0.25) is 5.02 Å². The van der Waals surface area contributed by atoms with Gasteiger partial charge in [0.15, 0.2) is 0 Å². The minimum atomic E-state index is -0.262. The van der Waals surface area contributed by atoms with Gasteiger partial charge in [0.2, 0.25) is 0 Å². The lowest BCUT2D eigenvalue weighted by Crippen LogP contribution is -2.39. The van der Waals surface area contributed by atoms with Crippen LogP contribution in [-0.2, 0) is 0 Å². The summed E-state index contributed by atoms with van der Waals surface area (Å²) in [6.45, 7) is 4.01. The van der Waals surface area contributed by atoms with Crippen molar-refractivity contribution in [2.75, 3.05) is 12.3 Å². The second-order valence-corrected chi connectivity index (χ2v) is 5.00. The topological polar surface area (TPSA) is 75.3 Å². The lowest BCUT2D eigenvalue weighted by atomic mass is 10.0. The fourth-order valence-electron chi connectivity index (χ4n) is 1.68. The maximum atomic E-state index is 12.1. The van der Waals surface area contributed by atoms with E-state index in [1.165, 1.54) is 0 Å². The number of carbonyl (C=O) groups is 1. The zero-order valence-corrected chi connectivity index (χ0v) is 11.4. The number of halogens is 1. The Morgan fingerprint density at radius 3 is 2.72 bits per heavy atom. The van der Waals surface area contributed by atoms with Crippen molar-refractivity contribution in [1.29, 1.82) is 0 Å². The van der Waals surface area contributed by atoms with Crippen LogP contribution >= 0.6 is 11.6 Å². The number of anilines is 1. The lowest BCUT2D eigenvalue weighted by Gasteiger charge is -2.22. The highest BCUT2D eigenvalue weighted by molar-refractivity contribution is 6.31. The molecule has 4 N–H and O–H groups in total. The van der Waals surface area contributed by atoms with Crippen LogP contribution in [0.4, 0.5) is 5.69 Å². The lowest BCUT2D eigenvalue weighted by molar-refractivity contribution is 0.0917. The summed E-state index contributed by atoms with van der Waals surface area (Å²) in [4.78, 5) is 12.1. The van der Waals surface area contributed by atoms with Crippen molar-refractivity contribution >= 4 is 23.2 Å². The number of hydrogen-bond acceptors (Lipinski definition) is 3. The van der Waals surface area contributed by atoms with Crippen molar-refractivity contribution in [2.45, 2.75) is 26.3 Å². The summed E-state index contributed by atoms with van der Waals surface area (Å²) in [5.74, 6) is -0.0244. The quantitative estimate of drug-likeness (QED) is 0.717. The first-order valence-electron chi connectivity index (χ1n) is 5.92. The third kappa shape index (κ3) is 3.89. The highest BCUT2D eigenvalue weighted by atomic mass is 35.5. The van der Waals surface area contributed by atoms with Gasteiger partial charge in [0.1, 0.15) is 0 Å². The summed E-state index contributed by atoms with van der Waals surface area (Å²) in [5, 5.41) is 12.3. The Hall–Kier alpha value is -1.26. The van der Waals surface area contributed by atoms with Gasteiger partial charge in [-0.15, -0.1) is 0 Å². The average Bonchev–Trinajstić information content (AvgIpc) is 2.31. The summed E-state index contributed by atoms with van der Waals surface area (Å²) >= 11 is 5.85. The molecule has 0 aliphatic heterocycles. The standard InChI is InChI=1S/C13H19ClN2O2/c1-8(2)12(5-6-17)16-13(18)10-7-9(14)3-4-11(10)15/h3-4,7-8,12,17H,5-6,15H2,1-2H3,(H,16,18). The van der Waals surface area contributed by atoms with E-state index in [0.29, 0.717) is 22.7 Å². The number of aliphatic hydroxyl groups is 1. The Kier molecular flexibility index (Phi) is 5.44. The van der Waals surface area contributed by atoms with Gasteiger partial charge in [0.05, 0.1) is 5.56 Å². The van der Waals surface area contributed by atoms with E-state index in [1.54, 1.807) is 18.2 Å². The van der Waals surface area contributed by atoms with E-state index in [9.17, 15) is 4.79 Å². The van der Waals surface area contributed by atoms with Crippen molar-refractivity contribution in [3.05, 3.63) is 28.8 Å². The number of amides is 1. The maximum Gasteiger partial charge on any atom is 0.253 e. The number of nitrogen functional groups attached to an aromatic ring is 1. The van der Waals surface area contributed by atoms with Gasteiger partial charge in [0, 0.05) is 23.4 Å². The molecule has 0 saturated carbocycles. The molecule has 4 nitrogen and oxygen atoms in total. The van der Waals surface area contributed by atoms with Gasteiger partial charge in [-0.05, 0) is 30.5 Å². The molecule has 0 aliphatic rings. The Morgan fingerprint density at radius 2 is 2.17 bits per heavy atom. The van der Waals surface area contributed by atoms with E-state index < -0.39 is 0 Å². The Balaban J connectivity index is 2.83. The Morgan fingerprint density at radius 1 is 1.50 bits per heavy atom. The second kappa shape index (κ2) is 6.61. The van der Waals surface area contributed by atoms with Gasteiger partial charge in [-0.2, -0.15) is 0 Å². The van der Waals surface area contributed by atoms with Crippen LogP contribution in [0.5, 0.6) is 0 Å². The summed E-state index contributed by atoms with van der Waals surface area (Å²) in [6, 6.07) is 4.71. The molecule has 0 saturated heterocycles. The van der Waals surface area contributed by atoms with Gasteiger partial charge in [0.25, 0.3) is 5.91 Å². The molecule has 1 atom stereocenters. The van der Waals surface area contributed by atoms with E-state index in [0.717, 1.165) is 0 Å². The van der Waals surface area contributed by atoms with Crippen LogP contribution in [0.3, 0.4) is 0 Å². The average molecular weight is 271 g/mol. The van der Waals surface area contributed by atoms with Gasteiger partial charge < -0.3 is 16.2 Å². The zero-order chi connectivity index (χ0) is 13.7. The number of benzene rings is 1. The predicted molar refractivity (Wildman–Crippen MR) is 73.7 cm³/mol. The van der Waals surface area contributed by atoms with Gasteiger partial charge in [-0.1, -0.05) is 25.4 Å². The highest BCUT2D eigenvalue weighted by Crippen LogP contribution is 2.18. The molecule has 5 heteroatoms. The molecule has 0 fully saturated rings. The van der Waals surface area contributed by atoms with Crippen LogP contribution < -0.4 is 11.1 Å². The molecule has 1 rings (SSSR count). The van der Waals surface area contributed by atoms with Gasteiger partial charge in [-0.3, -0.25) is 4.79 Å². The first-order valence-corrected chi connectivity index (χ1v) is 6.30. The maximum absolute atomic E-state index is 12.1. The first-order chi connectivity index (χ1) is 8.45. The first kappa shape index (κ1) is 14.8. The molecule has 18 heavy (non-hydrogen) atoms. The van der Waals surface area contributed by atoms with Crippen molar-refractivity contribution in [3.8, 4) is 0 Å². The molecule has 1 aromatic carbocycles. The SMILES string of the molecule is CC(C)C(CCO)NC(=O)c1cc(Cl)ccc1N. The molecule has 100 valence electrons. The van der Waals surface area contributed by atoms with E-state index in [2.05, 4.69) is 5.32 Å². The number of nitrogens with two attached hydrogens (primary N) is 1. The molecule has 0 radical (unpaired) electrons. The third-order valence-electron chi connectivity index (χ3n) is 2.82.